The van der Waals surface area contributed by atoms with Gasteiger partial charge in [0.05, 0.1) is 6.04 Å². The monoisotopic (exact) mass is 636 g/mol. The van der Waals surface area contributed by atoms with Crippen molar-refractivity contribution in [3.8, 4) is 0 Å². The second-order valence-corrected chi connectivity index (χ2v) is 13.1. The standard InChI is InChI=1S/C35H52N6O5/c1-21(2)17-26(36)32(43)41-30(23(5)6)35(46)40-29(20-25-15-11-8-12-16-25)34(45)39-28(19-24-13-9-7-10-14-24)33(44)38-27(31(37)42)18-22(3)4/h7-16,21-23,26-30H,17-20,36H2,1-6H3,(H2,37,42)(H,38,44)(H,39,45)(H,40,46)(H,41,43)/t26-,27-,28-,29-,30-/m0/s1. The summed E-state index contributed by atoms with van der Waals surface area (Å²) in [7, 11) is 0. The molecule has 0 heterocycles. The lowest BCUT2D eigenvalue weighted by Crippen LogP contribution is -2.60. The van der Waals surface area contributed by atoms with Crippen molar-refractivity contribution < 1.29 is 24.0 Å². The van der Waals surface area contributed by atoms with Crippen LogP contribution in [0.3, 0.4) is 0 Å². The molecule has 0 aliphatic rings. The molecule has 0 saturated heterocycles. The molecule has 11 heteroatoms. The van der Waals surface area contributed by atoms with Crippen molar-refractivity contribution >= 4 is 29.5 Å². The van der Waals surface area contributed by atoms with Gasteiger partial charge in [0, 0.05) is 12.8 Å². The molecule has 2 aromatic rings. The number of rotatable bonds is 18. The zero-order chi connectivity index (χ0) is 34.4. The Balaban J connectivity index is 2.36. The smallest absolute Gasteiger partial charge is 0.243 e. The third kappa shape index (κ3) is 13.0. The molecule has 0 aliphatic heterocycles. The minimum Gasteiger partial charge on any atom is -0.368 e. The summed E-state index contributed by atoms with van der Waals surface area (Å²) in [4.78, 5) is 66.1. The number of nitrogens with two attached hydrogens (primary N) is 2. The minimum absolute atomic E-state index is 0.0831. The molecule has 0 aromatic heterocycles. The zero-order valence-corrected chi connectivity index (χ0v) is 27.9. The largest absolute Gasteiger partial charge is 0.368 e. The van der Waals surface area contributed by atoms with Gasteiger partial charge in [0.1, 0.15) is 24.2 Å². The highest BCUT2D eigenvalue weighted by Crippen LogP contribution is 2.11. The molecule has 2 rings (SSSR count). The van der Waals surface area contributed by atoms with E-state index in [9.17, 15) is 24.0 Å². The Labute approximate surface area is 273 Å². The molecule has 11 nitrogen and oxygen atoms in total. The van der Waals surface area contributed by atoms with Crippen LogP contribution in [0.5, 0.6) is 0 Å². The topological polar surface area (TPSA) is 186 Å². The second-order valence-electron chi connectivity index (χ2n) is 13.1. The maximum Gasteiger partial charge on any atom is 0.243 e. The maximum atomic E-state index is 13.9. The van der Waals surface area contributed by atoms with Crippen LogP contribution < -0.4 is 32.7 Å². The van der Waals surface area contributed by atoms with Gasteiger partial charge in [0.15, 0.2) is 0 Å². The lowest BCUT2D eigenvalue weighted by Gasteiger charge is -2.28. The summed E-state index contributed by atoms with van der Waals surface area (Å²) >= 11 is 0. The molecule has 5 atom stereocenters. The highest BCUT2D eigenvalue weighted by atomic mass is 16.2. The van der Waals surface area contributed by atoms with E-state index in [0.717, 1.165) is 11.1 Å². The van der Waals surface area contributed by atoms with Crippen LogP contribution in [0.1, 0.15) is 65.5 Å². The van der Waals surface area contributed by atoms with Crippen LogP contribution in [0.15, 0.2) is 60.7 Å². The van der Waals surface area contributed by atoms with E-state index in [-0.39, 0.29) is 30.6 Å². The van der Waals surface area contributed by atoms with Gasteiger partial charge in [-0.25, -0.2) is 0 Å². The first-order chi connectivity index (χ1) is 21.7. The van der Waals surface area contributed by atoms with Crippen LogP contribution in [-0.2, 0) is 36.8 Å². The SMILES string of the molecule is CC(C)C[C@H](NC(=O)[C@H](Cc1ccccc1)NC(=O)[C@H](Cc1ccccc1)NC(=O)[C@@H](NC(=O)[C@@H](N)CC(C)C)C(C)C)C(N)=O. The van der Waals surface area contributed by atoms with Gasteiger partial charge in [-0.3, -0.25) is 24.0 Å². The average molecular weight is 637 g/mol. The van der Waals surface area contributed by atoms with Crippen molar-refractivity contribution in [1.29, 1.82) is 0 Å². The first-order valence-corrected chi connectivity index (χ1v) is 16.0. The molecular formula is C35H52N6O5. The van der Waals surface area contributed by atoms with Gasteiger partial charge >= 0.3 is 0 Å². The molecule has 0 fully saturated rings. The number of primary amides is 1. The summed E-state index contributed by atoms with van der Waals surface area (Å²) in [5, 5.41) is 11.1. The van der Waals surface area contributed by atoms with E-state index in [1.807, 2.05) is 88.4 Å². The number of hydrogen-bond donors (Lipinski definition) is 6. The van der Waals surface area contributed by atoms with Gasteiger partial charge in [-0.15, -0.1) is 0 Å². The molecule has 252 valence electrons. The van der Waals surface area contributed by atoms with Gasteiger partial charge in [-0.2, -0.15) is 0 Å². The van der Waals surface area contributed by atoms with E-state index >= 15 is 0 Å². The van der Waals surface area contributed by atoms with Gasteiger partial charge in [-0.05, 0) is 41.7 Å². The molecule has 0 spiro atoms. The quantitative estimate of drug-likeness (QED) is 0.145. The first-order valence-electron chi connectivity index (χ1n) is 16.0. The highest BCUT2D eigenvalue weighted by Gasteiger charge is 2.33. The lowest BCUT2D eigenvalue weighted by molar-refractivity contribution is -0.135. The number of carbonyl (C=O) groups excluding carboxylic acids is 5. The molecule has 8 N–H and O–H groups in total. The number of amides is 5. The molecule has 0 aliphatic carbocycles. The van der Waals surface area contributed by atoms with Crippen molar-refractivity contribution in [2.45, 2.75) is 97.4 Å². The van der Waals surface area contributed by atoms with Gasteiger partial charge < -0.3 is 32.7 Å². The van der Waals surface area contributed by atoms with E-state index in [1.165, 1.54) is 0 Å². The zero-order valence-electron chi connectivity index (χ0n) is 27.9. The third-order valence-corrected chi connectivity index (χ3v) is 7.51. The fraction of sp³-hybridized carbons (Fsp3) is 0.514. The number of hydrogen-bond acceptors (Lipinski definition) is 6. The Kier molecular flexibility index (Phi) is 15.4. The summed E-state index contributed by atoms with van der Waals surface area (Å²) in [6, 6.07) is 13.5. The minimum atomic E-state index is -1.09. The molecule has 0 bridgehead atoms. The van der Waals surface area contributed by atoms with E-state index in [1.54, 1.807) is 13.8 Å². The van der Waals surface area contributed by atoms with E-state index in [0.29, 0.717) is 12.8 Å². The summed E-state index contributed by atoms with van der Waals surface area (Å²) in [6.07, 6.45) is 1.05. The number of nitrogens with one attached hydrogen (secondary N) is 4. The molecule has 5 amide bonds. The van der Waals surface area contributed by atoms with Gasteiger partial charge in [-0.1, -0.05) is 102 Å². The number of carbonyl (C=O) groups is 5. The molecule has 0 saturated carbocycles. The predicted octanol–water partition coefficient (Wildman–Crippen LogP) is 1.97. The summed E-state index contributed by atoms with van der Waals surface area (Å²) in [6.45, 7) is 11.3. The lowest BCUT2D eigenvalue weighted by atomic mass is 9.98. The van der Waals surface area contributed by atoms with E-state index in [2.05, 4.69) is 21.3 Å². The van der Waals surface area contributed by atoms with Crippen LogP contribution in [-0.4, -0.2) is 59.7 Å². The van der Waals surface area contributed by atoms with Gasteiger partial charge in [0.25, 0.3) is 0 Å². The first kappa shape index (κ1) is 37.9. The summed E-state index contributed by atoms with van der Waals surface area (Å²) < 4.78 is 0. The van der Waals surface area contributed by atoms with Crippen LogP contribution >= 0.6 is 0 Å². The third-order valence-electron chi connectivity index (χ3n) is 7.51. The average Bonchev–Trinajstić information content (AvgIpc) is 2.98. The molecule has 0 radical (unpaired) electrons. The molecule has 0 unspecified atom stereocenters. The van der Waals surface area contributed by atoms with Crippen molar-refractivity contribution in [3.63, 3.8) is 0 Å². The van der Waals surface area contributed by atoms with Crippen molar-refractivity contribution in [3.05, 3.63) is 71.8 Å². The Morgan fingerprint density at radius 1 is 0.565 bits per heavy atom. The van der Waals surface area contributed by atoms with Crippen molar-refractivity contribution in [1.82, 2.24) is 21.3 Å². The van der Waals surface area contributed by atoms with Crippen LogP contribution in [0.4, 0.5) is 0 Å². The van der Waals surface area contributed by atoms with Crippen LogP contribution in [0.25, 0.3) is 0 Å². The fourth-order valence-corrected chi connectivity index (χ4v) is 5.05. The molecular weight excluding hydrogens is 584 g/mol. The van der Waals surface area contributed by atoms with Crippen LogP contribution in [0.2, 0.25) is 0 Å². The van der Waals surface area contributed by atoms with Crippen LogP contribution in [0, 0.1) is 17.8 Å². The Morgan fingerprint density at radius 2 is 0.978 bits per heavy atom. The highest BCUT2D eigenvalue weighted by molar-refractivity contribution is 5.96. The maximum absolute atomic E-state index is 13.9. The molecule has 2 aromatic carbocycles. The van der Waals surface area contributed by atoms with Crippen molar-refractivity contribution in [2.24, 2.45) is 29.2 Å². The number of benzene rings is 2. The van der Waals surface area contributed by atoms with E-state index in [4.69, 9.17) is 11.5 Å². The summed E-state index contributed by atoms with van der Waals surface area (Å²) in [5.41, 5.74) is 13.2. The van der Waals surface area contributed by atoms with Gasteiger partial charge in [0.2, 0.25) is 29.5 Å². The Bertz CT molecular complexity index is 1280. The predicted molar refractivity (Wildman–Crippen MR) is 179 cm³/mol. The Morgan fingerprint density at radius 3 is 1.37 bits per heavy atom. The fourth-order valence-electron chi connectivity index (χ4n) is 5.05. The second kappa shape index (κ2) is 18.7. The molecule has 46 heavy (non-hydrogen) atoms. The van der Waals surface area contributed by atoms with Crippen molar-refractivity contribution in [2.75, 3.05) is 0 Å². The Hall–Kier alpha value is -4.25. The normalized spacial score (nSPS) is 14.6. The van der Waals surface area contributed by atoms with E-state index < -0.39 is 59.7 Å². The summed E-state index contributed by atoms with van der Waals surface area (Å²) in [5.74, 6) is -2.87.